The van der Waals surface area contributed by atoms with Crippen LogP contribution in [0.5, 0.6) is 0 Å². The molecule has 0 spiro atoms. The van der Waals surface area contributed by atoms with E-state index in [0.29, 0.717) is 5.69 Å². The molecule has 0 unspecified atom stereocenters. The smallest absolute Gasteiger partial charge is 0.379 e. The fourth-order valence-electron chi connectivity index (χ4n) is 1.00. The van der Waals surface area contributed by atoms with Gasteiger partial charge in [-0.2, -0.15) is 13.2 Å². The quantitative estimate of drug-likeness (QED) is 0.746. The fraction of sp³-hybridized carbons (Fsp3) is 0.375. The molecule has 0 aliphatic rings. The summed E-state index contributed by atoms with van der Waals surface area (Å²) in [5.41, 5.74) is 0.0331. The molecule has 0 aliphatic carbocycles. The Hall–Kier alpha value is -0.810. The van der Waals surface area contributed by atoms with E-state index in [2.05, 4.69) is 4.98 Å². The number of hydrogen-bond donors (Lipinski definition) is 1. The lowest BCUT2D eigenvalue weighted by Crippen LogP contribution is -2.20. The van der Waals surface area contributed by atoms with Crippen LogP contribution in [0.1, 0.15) is 17.4 Å². The first-order valence-corrected chi connectivity index (χ1v) is 4.07. The minimum Gasteiger partial charge on any atom is -0.379 e. The van der Waals surface area contributed by atoms with Gasteiger partial charge in [0.25, 0.3) is 0 Å². The fourth-order valence-corrected chi connectivity index (χ4v) is 1.26. The minimum atomic E-state index is -4.68. The van der Waals surface area contributed by atoms with E-state index in [1.165, 1.54) is 6.92 Å². The van der Waals surface area contributed by atoms with Crippen LogP contribution >= 0.6 is 11.6 Å². The molecule has 1 atom stereocenters. The molecule has 78 valence electrons. The maximum absolute atomic E-state index is 12.1. The molecule has 1 aromatic heterocycles. The highest BCUT2D eigenvalue weighted by atomic mass is 35.5. The van der Waals surface area contributed by atoms with Crippen LogP contribution in [0.4, 0.5) is 13.2 Å². The van der Waals surface area contributed by atoms with Gasteiger partial charge in [-0.05, 0) is 24.6 Å². The van der Waals surface area contributed by atoms with Crippen LogP contribution in [0.2, 0.25) is 5.15 Å². The van der Waals surface area contributed by atoms with E-state index in [-0.39, 0.29) is 10.7 Å². The zero-order valence-corrected chi connectivity index (χ0v) is 7.89. The second-order valence-electron chi connectivity index (χ2n) is 2.81. The van der Waals surface area contributed by atoms with Gasteiger partial charge < -0.3 is 5.11 Å². The Morgan fingerprint density at radius 3 is 2.43 bits per heavy atom. The maximum atomic E-state index is 12.1. The summed E-state index contributed by atoms with van der Waals surface area (Å²) in [5, 5.41) is 8.83. The van der Waals surface area contributed by atoms with E-state index in [9.17, 15) is 13.2 Å². The number of aliphatic hydroxyl groups excluding tert-OH is 1. The normalized spacial score (nSPS) is 14.1. The third-order valence-corrected chi connectivity index (χ3v) is 1.76. The number of aliphatic hydroxyl groups is 1. The summed E-state index contributed by atoms with van der Waals surface area (Å²) in [6.45, 7) is 1.50. The van der Waals surface area contributed by atoms with Crippen molar-refractivity contribution in [2.45, 2.75) is 19.2 Å². The number of pyridine rings is 1. The van der Waals surface area contributed by atoms with Gasteiger partial charge in [0.1, 0.15) is 5.15 Å². The second kappa shape index (κ2) is 3.74. The predicted molar refractivity (Wildman–Crippen MR) is 45.0 cm³/mol. The average molecular weight is 226 g/mol. The van der Waals surface area contributed by atoms with Crippen molar-refractivity contribution in [2.75, 3.05) is 0 Å². The highest BCUT2D eigenvalue weighted by Crippen LogP contribution is 2.33. The molecule has 0 bridgehead atoms. The molecule has 0 saturated carbocycles. The van der Waals surface area contributed by atoms with E-state index < -0.39 is 12.3 Å². The Bertz CT molecular complexity index is 320. The molecule has 1 heterocycles. The molecule has 1 rings (SSSR count). The number of aromatic nitrogens is 1. The molecule has 0 aromatic carbocycles. The molecule has 0 aliphatic heterocycles. The summed E-state index contributed by atoms with van der Waals surface area (Å²) >= 11 is 5.45. The van der Waals surface area contributed by atoms with Crippen LogP contribution in [0.3, 0.4) is 0 Å². The van der Waals surface area contributed by atoms with Crippen molar-refractivity contribution in [3.05, 3.63) is 28.5 Å². The number of rotatable bonds is 1. The SMILES string of the molecule is Cc1cc([C@H](O)C(F)(F)F)cc(Cl)n1. The molecule has 2 nitrogen and oxygen atoms in total. The van der Waals surface area contributed by atoms with E-state index in [4.69, 9.17) is 16.7 Å². The molecule has 1 N–H and O–H groups in total. The van der Waals surface area contributed by atoms with Crippen LogP contribution in [-0.2, 0) is 0 Å². The minimum absolute atomic E-state index is 0.0664. The Balaban J connectivity index is 3.07. The summed E-state index contributed by atoms with van der Waals surface area (Å²) in [6.07, 6.45) is -7.20. The lowest BCUT2D eigenvalue weighted by atomic mass is 10.1. The number of hydrogen-bond acceptors (Lipinski definition) is 2. The van der Waals surface area contributed by atoms with Crippen molar-refractivity contribution in [1.29, 1.82) is 0 Å². The van der Waals surface area contributed by atoms with Crippen molar-refractivity contribution in [3.8, 4) is 0 Å². The van der Waals surface area contributed by atoms with Crippen LogP contribution in [0.15, 0.2) is 12.1 Å². The van der Waals surface area contributed by atoms with Crippen molar-refractivity contribution < 1.29 is 18.3 Å². The van der Waals surface area contributed by atoms with Crippen molar-refractivity contribution in [1.82, 2.24) is 4.98 Å². The largest absolute Gasteiger partial charge is 0.418 e. The third kappa shape index (κ3) is 2.59. The Morgan fingerprint density at radius 2 is 2.00 bits per heavy atom. The van der Waals surface area contributed by atoms with Crippen molar-refractivity contribution in [2.24, 2.45) is 0 Å². The van der Waals surface area contributed by atoms with Gasteiger partial charge in [-0.15, -0.1) is 0 Å². The molecule has 0 fully saturated rings. The van der Waals surface area contributed by atoms with Gasteiger partial charge in [0.05, 0.1) is 0 Å². The van der Waals surface area contributed by atoms with Crippen LogP contribution < -0.4 is 0 Å². The molecular weight excluding hydrogens is 219 g/mol. The lowest BCUT2D eigenvalue weighted by Gasteiger charge is -2.15. The summed E-state index contributed by atoms with van der Waals surface area (Å²) < 4.78 is 36.3. The molecule has 0 amide bonds. The number of alkyl halides is 3. The van der Waals surface area contributed by atoms with Crippen molar-refractivity contribution in [3.63, 3.8) is 0 Å². The molecule has 0 radical (unpaired) electrons. The lowest BCUT2D eigenvalue weighted by molar-refractivity contribution is -0.206. The summed E-state index contributed by atoms with van der Waals surface area (Å²) in [4.78, 5) is 3.69. The molecular formula is C8H7ClF3NO. The van der Waals surface area contributed by atoms with Gasteiger partial charge in [-0.3, -0.25) is 0 Å². The van der Waals surface area contributed by atoms with E-state index >= 15 is 0 Å². The zero-order valence-electron chi connectivity index (χ0n) is 7.14. The highest BCUT2D eigenvalue weighted by Gasteiger charge is 2.39. The highest BCUT2D eigenvalue weighted by molar-refractivity contribution is 6.29. The van der Waals surface area contributed by atoms with Crippen LogP contribution in [-0.4, -0.2) is 16.3 Å². The van der Waals surface area contributed by atoms with Gasteiger partial charge in [0, 0.05) is 5.69 Å². The molecule has 0 saturated heterocycles. The maximum Gasteiger partial charge on any atom is 0.418 e. The first kappa shape index (κ1) is 11.3. The van der Waals surface area contributed by atoms with Crippen LogP contribution in [0.25, 0.3) is 0 Å². The summed E-state index contributed by atoms with van der Waals surface area (Å²) in [7, 11) is 0. The van der Waals surface area contributed by atoms with Gasteiger partial charge >= 0.3 is 6.18 Å². The number of nitrogens with zero attached hydrogens (tertiary/aromatic N) is 1. The topological polar surface area (TPSA) is 33.1 Å². The predicted octanol–water partition coefficient (Wildman–Crippen LogP) is 2.64. The third-order valence-electron chi connectivity index (χ3n) is 1.57. The van der Waals surface area contributed by atoms with Gasteiger partial charge in [-0.25, -0.2) is 4.98 Å². The van der Waals surface area contributed by atoms with Gasteiger partial charge in [0.15, 0.2) is 6.10 Å². The first-order valence-electron chi connectivity index (χ1n) is 3.69. The Morgan fingerprint density at radius 1 is 1.43 bits per heavy atom. The average Bonchev–Trinajstić information content (AvgIpc) is 1.99. The standard InChI is InChI=1S/C8H7ClF3NO/c1-4-2-5(3-6(9)13-4)7(14)8(10,11)12/h2-3,7,14H,1H3/t7-/m0/s1. The summed E-state index contributed by atoms with van der Waals surface area (Å²) in [6, 6.07) is 2.14. The Kier molecular flexibility index (Phi) is 3.01. The van der Waals surface area contributed by atoms with Gasteiger partial charge in [-0.1, -0.05) is 11.6 Å². The number of aryl methyl sites for hydroxylation is 1. The van der Waals surface area contributed by atoms with E-state index in [1.54, 1.807) is 0 Å². The molecule has 14 heavy (non-hydrogen) atoms. The van der Waals surface area contributed by atoms with Crippen molar-refractivity contribution >= 4 is 11.6 Å². The van der Waals surface area contributed by atoms with Gasteiger partial charge in [0.2, 0.25) is 0 Å². The molecule has 1 aromatic rings. The summed E-state index contributed by atoms with van der Waals surface area (Å²) in [5.74, 6) is 0. The first-order chi connectivity index (χ1) is 6.30. The molecule has 6 heteroatoms. The van der Waals surface area contributed by atoms with Crippen LogP contribution in [0, 0.1) is 6.92 Å². The second-order valence-corrected chi connectivity index (χ2v) is 3.20. The van der Waals surface area contributed by atoms with E-state index in [1.807, 2.05) is 0 Å². The van der Waals surface area contributed by atoms with E-state index in [0.717, 1.165) is 12.1 Å². The zero-order chi connectivity index (χ0) is 10.9. The Labute approximate surface area is 83.3 Å². The monoisotopic (exact) mass is 225 g/mol. The number of halogens is 4.